The first-order valence-corrected chi connectivity index (χ1v) is 12.2. The monoisotopic (exact) mass is 428 g/mol. The molecule has 0 aromatic rings. The van der Waals surface area contributed by atoms with Crippen molar-refractivity contribution in [2.45, 2.75) is 25.7 Å². The van der Waals surface area contributed by atoms with Gasteiger partial charge in [-0.1, -0.05) is 55.7 Å². The SMILES string of the molecule is C1=CC2C=CC1C2.C1=CC[N-]C=C1.C1CC[N-]CC1.[Cl][Ru+2][Cl]. The van der Waals surface area contributed by atoms with E-state index in [1.54, 1.807) is 6.20 Å². The van der Waals surface area contributed by atoms with E-state index in [4.69, 9.17) is 19.4 Å². The molecule has 5 heteroatoms. The van der Waals surface area contributed by atoms with Crippen LogP contribution in [0, 0.1) is 11.8 Å². The van der Waals surface area contributed by atoms with Crippen LogP contribution in [0.25, 0.3) is 10.6 Å². The molecule has 1 saturated heterocycles. The van der Waals surface area contributed by atoms with E-state index in [-0.39, 0.29) is 15.1 Å². The van der Waals surface area contributed by atoms with Crippen molar-refractivity contribution >= 4 is 19.4 Å². The molecule has 0 atom stereocenters. The molecule has 2 heterocycles. The first-order chi connectivity index (χ1) is 10.9. The molecule has 124 valence electrons. The molecule has 0 unspecified atom stereocenters. The third kappa shape index (κ3) is 10.6. The molecule has 0 amide bonds. The second-order valence-electron chi connectivity index (χ2n) is 5.25. The summed E-state index contributed by atoms with van der Waals surface area (Å²) in [6.45, 7) is 3.11. The van der Waals surface area contributed by atoms with Crippen LogP contribution >= 0.6 is 19.4 Å². The predicted octanol–water partition coefficient (Wildman–Crippen LogP) is 6.11. The number of hydrogen-bond donors (Lipinski definition) is 0. The van der Waals surface area contributed by atoms with Gasteiger partial charge in [0.25, 0.3) is 0 Å². The first-order valence-electron chi connectivity index (χ1n) is 7.70. The maximum absolute atomic E-state index is 4.85. The van der Waals surface area contributed by atoms with E-state index < -0.39 is 0 Å². The summed E-state index contributed by atoms with van der Waals surface area (Å²) >= 11 is -0.346. The van der Waals surface area contributed by atoms with Crippen LogP contribution in [0.1, 0.15) is 25.7 Å². The number of nitrogens with zero attached hydrogens (tertiary/aromatic N) is 2. The summed E-state index contributed by atoms with van der Waals surface area (Å²) in [5.74, 6) is 1.62. The third-order valence-electron chi connectivity index (χ3n) is 3.54. The summed E-state index contributed by atoms with van der Waals surface area (Å²) in [7, 11) is 9.71. The molecule has 0 aromatic carbocycles. The fourth-order valence-corrected chi connectivity index (χ4v) is 2.44. The molecule has 4 rings (SSSR count). The Hall–Kier alpha value is -0.0766. The van der Waals surface area contributed by atoms with Gasteiger partial charge in [-0.05, 0) is 18.3 Å². The zero-order valence-corrected chi connectivity index (χ0v) is 16.0. The average molecular weight is 428 g/mol. The number of piperidine rings is 1. The Labute approximate surface area is 150 Å². The quantitative estimate of drug-likeness (QED) is 0.329. The Morgan fingerprint density at radius 2 is 1.45 bits per heavy atom. The fourth-order valence-electron chi connectivity index (χ4n) is 2.44. The summed E-state index contributed by atoms with van der Waals surface area (Å²) in [5.41, 5.74) is 0. The Kier molecular flexibility index (Phi) is 13.2. The molecule has 2 nitrogen and oxygen atoms in total. The van der Waals surface area contributed by atoms with Crippen molar-refractivity contribution in [1.82, 2.24) is 0 Å². The fraction of sp³-hybridized carbons (Fsp3) is 0.529. The van der Waals surface area contributed by atoms with Crippen molar-refractivity contribution in [2.75, 3.05) is 19.6 Å². The van der Waals surface area contributed by atoms with Crippen LogP contribution in [0.2, 0.25) is 0 Å². The van der Waals surface area contributed by atoms with Crippen LogP contribution in [0.15, 0.2) is 48.7 Å². The van der Waals surface area contributed by atoms with Crippen molar-refractivity contribution < 1.29 is 15.1 Å². The van der Waals surface area contributed by atoms with Gasteiger partial charge in [-0.2, -0.15) is 6.20 Å². The number of allylic oxidation sites excluding steroid dienone is 6. The van der Waals surface area contributed by atoms with Gasteiger partial charge in [0.2, 0.25) is 0 Å². The van der Waals surface area contributed by atoms with Gasteiger partial charge in [-0.3, -0.25) is 0 Å². The topological polar surface area (TPSA) is 28.2 Å². The van der Waals surface area contributed by atoms with Gasteiger partial charge in [0.05, 0.1) is 0 Å². The number of fused-ring (bicyclic) bond motifs is 2. The van der Waals surface area contributed by atoms with Crippen molar-refractivity contribution in [3.63, 3.8) is 0 Å². The molecular formula is C17H24Cl2N2Ru. The molecule has 0 N–H and O–H groups in total. The van der Waals surface area contributed by atoms with E-state index in [2.05, 4.69) is 34.9 Å². The minimum atomic E-state index is -0.346. The van der Waals surface area contributed by atoms with Gasteiger partial charge in [0.15, 0.2) is 0 Å². The van der Waals surface area contributed by atoms with Gasteiger partial charge in [0, 0.05) is 0 Å². The van der Waals surface area contributed by atoms with Crippen LogP contribution in [-0.4, -0.2) is 19.6 Å². The Balaban J connectivity index is 0.000000153. The summed E-state index contributed by atoms with van der Waals surface area (Å²) in [4.78, 5) is 0. The molecule has 4 aliphatic rings. The summed E-state index contributed by atoms with van der Waals surface area (Å²) in [5, 5.41) is 8.09. The second kappa shape index (κ2) is 14.5. The van der Waals surface area contributed by atoms with Gasteiger partial charge in [-0.25, -0.2) is 0 Å². The zero-order valence-electron chi connectivity index (χ0n) is 12.7. The molecular weight excluding hydrogens is 404 g/mol. The standard InChI is InChI=1S/C7H8.C5H10N.C5H6N.2ClH.Ru/c1-2-7-4-3-6(1)5-7;2*1-2-4-6-5-3-1;;;/h1-4,6-7H,5H2;1-5H2;1-4H,5H2;2*1H;/q;2*-1;;;+4/p-2. The van der Waals surface area contributed by atoms with Crippen LogP contribution in [0.4, 0.5) is 0 Å². The minimum absolute atomic E-state index is 0.346. The molecule has 0 aromatic heterocycles. The first kappa shape index (κ1) is 20.0. The van der Waals surface area contributed by atoms with Crippen LogP contribution in [0.5, 0.6) is 0 Å². The Morgan fingerprint density at radius 3 is 1.59 bits per heavy atom. The Morgan fingerprint density at radius 1 is 0.864 bits per heavy atom. The number of hydrogen-bond acceptors (Lipinski definition) is 0. The number of rotatable bonds is 0. The average Bonchev–Trinajstić information content (AvgIpc) is 3.26. The van der Waals surface area contributed by atoms with E-state index in [1.807, 2.05) is 18.2 Å². The molecule has 2 aliphatic heterocycles. The van der Waals surface area contributed by atoms with E-state index in [0.717, 1.165) is 31.5 Å². The molecule has 0 saturated carbocycles. The third-order valence-corrected chi connectivity index (χ3v) is 3.54. The normalized spacial score (nSPS) is 25.9. The summed E-state index contributed by atoms with van der Waals surface area (Å²) in [6.07, 6.45) is 22.4. The van der Waals surface area contributed by atoms with Crippen molar-refractivity contribution in [1.29, 1.82) is 0 Å². The van der Waals surface area contributed by atoms with E-state index >= 15 is 0 Å². The van der Waals surface area contributed by atoms with Gasteiger partial charge >= 0.3 is 34.5 Å². The second-order valence-corrected chi connectivity index (χ2v) is 7.89. The van der Waals surface area contributed by atoms with Gasteiger partial charge in [-0.15, -0.1) is 25.7 Å². The maximum atomic E-state index is 4.85. The van der Waals surface area contributed by atoms with Crippen LogP contribution in [0.3, 0.4) is 0 Å². The van der Waals surface area contributed by atoms with E-state index in [0.29, 0.717) is 0 Å². The molecule has 2 bridgehead atoms. The Bertz CT molecular complexity index is 325. The number of halogens is 2. The summed E-state index contributed by atoms with van der Waals surface area (Å²) < 4.78 is 0. The van der Waals surface area contributed by atoms with E-state index in [9.17, 15) is 0 Å². The van der Waals surface area contributed by atoms with Crippen molar-refractivity contribution in [3.8, 4) is 0 Å². The molecule has 0 radical (unpaired) electrons. The molecule has 1 fully saturated rings. The summed E-state index contributed by atoms with van der Waals surface area (Å²) in [6, 6.07) is 0. The van der Waals surface area contributed by atoms with Gasteiger partial charge < -0.3 is 10.6 Å². The molecule has 0 spiro atoms. The van der Waals surface area contributed by atoms with Crippen LogP contribution < -0.4 is 0 Å². The zero-order chi connectivity index (χ0) is 15.9. The van der Waals surface area contributed by atoms with Crippen molar-refractivity contribution in [3.05, 3.63) is 59.4 Å². The van der Waals surface area contributed by atoms with Gasteiger partial charge in [0.1, 0.15) is 0 Å². The predicted molar refractivity (Wildman–Crippen MR) is 95.0 cm³/mol. The van der Waals surface area contributed by atoms with Crippen molar-refractivity contribution in [2.24, 2.45) is 11.8 Å². The van der Waals surface area contributed by atoms with Crippen LogP contribution in [-0.2, 0) is 15.1 Å². The molecule has 22 heavy (non-hydrogen) atoms. The molecule has 2 aliphatic carbocycles. The van der Waals surface area contributed by atoms with E-state index in [1.165, 1.54) is 25.7 Å².